The van der Waals surface area contributed by atoms with E-state index < -0.39 is 17.5 Å². The Morgan fingerprint density at radius 3 is 2.91 bits per heavy atom. The van der Waals surface area contributed by atoms with E-state index >= 15 is 0 Å². The molecule has 0 spiro atoms. The smallest absolute Gasteiger partial charge is 0.339 e. The number of carbonyl (C=O) groups excluding carboxylic acids is 1. The van der Waals surface area contributed by atoms with Gasteiger partial charge in [-0.15, -0.1) is 0 Å². The minimum atomic E-state index is -0.640. The minimum absolute atomic E-state index is 0.152. The highest BCUT2D eigenvalue weighted by Crippen LogP contribution is 2.22. The fourth-order valence-electron chi connectivity index (χ4n) is 4.82. The van der Waals surface area contributed by atoms with E-state index in [1.807, 2.05) is 43.3 Å². The van der Waals surface area contributed by atoms with Crippen LogP contribution in [-0.2, 0) is 17.6 Å². The summed E-state index contributed by atoms with van der Waals surface area (Å²) in [6, 6.07) is 15.0. The number of fused-ring (bicyclic) bond motifs is 1. The molecule has 0 saturated carbocycles. The number of rotatable bonds is 10. The predicted molar refractivity (Wildman–Crippen MR) is 135 cm³/mol. The molecule has 2 aromatic carbocycles. The van der Waals surface area contributed by atoms with E-state index in [-0.39, 0.29) is 6.42 Å². The number of hydroxylamine groups is 1. The summed E-state index contributed by atoms with van der Waals surface area (Å²) in [6.45, 7) is 4.84. The van der Waals surface area contributed by atoms with Gasteiger partial charge in [-0.1, -0.05) is 23.8 Å². The number of hydrogen-bond donors (Lipinski definition) is 3. The number of carbonyl (C=O) groups is 1. The molecule has 1 amide bonds. The molecule has 3 N–H and O–H groups in total. The monoisotopic (exact) mass is 478 g/mol. The van der Waals surface area contributed by atoms with Crippen molar-refractivity contribution in [2.75, 3.05) is 19.7 Å². The number of aryl methyl sites for hydroxylation is 1. The molecule has 0 aliphatic carbocycles. The second kappa shape index (κ2) is 12.0. The summed E-state index contributed by atoms with van der Waals surface area (Å²) in [6.07, 6.45) is 5.19. The Balaban J connectivity index is 1.40. The SMILES string of the molecule is Cc1ccc2oc(=O)c(CC(Cc3cccc(OCCCC4CCCNC4)c3)C(=O)NO)cc2c1. The Morgan fingerprint density at radius 1 is 1.23 bits per heavy atom. The molecule has 3 aromatic rings. The fraction of sp³-hybridized carbons (Fsp3) is 0.429. The summed E-state index contributed by atoms with van der Waals surface area (Å²) in [7, 11) is 0. The molecule has 0 bridgehead atoms. The number of amides is 1. The molecule has 2 atom stereocenters. The van der Waals surface area contributed by atoms with Gasteiger partial charge < -0.3 is 14.5 Å². The molecule has 2 heterocycles. The molecule has 7 nitrogen and oxygen atoms in total. The maximum atomic E-state index is 12.5. The number of nitrogens with one attached hydrogen (secondary N) is 2. The molecule has 1 aliphatic heterocycles. The number of piperidine rings is 1. The van der Waals surface area contributed by atoms with Crippen molar-refractivity contribution < 1.29 is 19.2 Å². The van der Waals surface area contributed by atoms with Gasteiger partial charge in [-0.2, -0.15) is 0 Å². The van der Waals surface area contributed by atoms with Crippen molar-refractivity contribution in [2.24, 2.45) is 11.8 Å². The summed E-state index contributed by atoms with van der Waals surface area (Å²) >= 11 is 0. The molecule has 186 valence electrons. The second-order valence-corrected chi connectivity index (χ2v) is 9.53. The lowest BCUT2D eigenvalue weighted by molar-refractivity contribution is -0.133. The zero-order valence-corrected chi connectivity index (χ0v) is 20.2. The maximum Gasteiger partial charge on any atom is 0.339 e. The van der Waals surface area contributed by atoms with Gasteiger partial charge in [0.05, 0.1) is 6.61 Å². The van der Waals surface area contributed by atoms with Gasteiger partial charge in [-0.3, -0.25) is 10.0 Å². The van der Waals surface area contributed by atoms with Crippen molar-refractivity contribution >= 4 is 16.9 Å². The topological polar surface area (TPSA) is 101 Å². The van der Waals surface area contributed by atoms with Crippen LogP contribution in [0.4, 0.5) is 0 Å². The normalized spacial score (nSPS) is 16.7. The summed E-state index contributed by atoms with van der Waals surface area (Å²) in [4.78, 5) is 25.0. The van der Waals surface area contributed by atoms with Crippen LogP contribution in [-0.4, -0.2) is 30.8 Å². The van der Waals surface area contributed by atoms with E-state index in [0.717, 1.165) is 54.1 Å². The average molecular weight is 479 g/mol. The third-order valence-corrected chi connectivity index (χ3v) is 6.71. The quantitative estimate of drug-likeness (QED) is 0.175. The molecule has 1 fully saturated rings. The number of ether oxygens (including phenoxy) is 1. The van der Waals surface area contributed by atoms with Crippen molar-refractivity contribution in [1.29, 1.82) is 0 Å². The molecular formula is C28H34N2O5. The minimum Gasteiger partial charge on any atom is -0.494 e. The first kappa shape index (κ1) is 24.9. The van der Waals surface area contributed by atoms with Crippen LogP contribution in [0, 0.1) is 18.8 Å². The number of hydrogen-bond acceptors (Lipinski definition) is 6. The number of benzene rings is 2. The van der Waals surface area contributed by atoms with E-state index in [1.54, 1.807) is 17.6 Å². The lowest BCUT2D eigenvalue weighted by Crippen LogP contribution is -2.32. The van der Waals surface area contributed by atoms with Gasteiger partial charge in [0.15, 0.2) is 0 Å². The van der Waals surface area contributed by atoms with E-state index in [9.17, 15) is 14.8 Å². The van der Waals surface area contributed by atoms with Gasteiger partial charge in [0.2, 0.25) is 5.91 Å². The van der Waals surface area contributed by atoms with Crippen molar-refractivity contribution in [1.82, 2.24) is 10.8 Å². The van der Waals surface area contributed by atoms with Crippen LogP contribution < -0.4 is 21.2 Å². The lowest BCUT2D eigenvalue weighted by atomic mass is 9.92. The van der Waals surface area contributed by atoms with E-state index in [4.69, 9.17) is 9.15 Å². The summed E-state index contributed by atoms with van der Waals surface area (Å²) in [5, 5.41) is 13.6. The Kier molecular flexibility index (Phi) is 8.55. The van der Waals surface area contributed by atoms with Gasteiger partial charge in [0.1, 0.15) is 11.3 Å². The highest BCUT2D eigenvalue weighted by atomic mass is 16.5. The second-order valence-electron chi connectivity index (χ2n) is 9.53. The van der Waals surface area contributed by atoms with Gasteiger partial charge in [-0.05, 0) is 100 Å². The van der Waals surface area contributed by atoms with Gasteiger partial charge in [0.25, 0.3) is 0 Å². The molecule has 35 heavy (non-hydrogen) atoms. The Bertz CT molecular complexity index is 1200. The van der Waals surface area contributed by atoms with Crippen LogP contribution in [0.15, 0.2) is 57.7 Å². The molecule has 0 radical (unpaired) electrons. The Hall–Kier alpha value is -3.16. The first-order valence-electron chi connectivity index (χ1n) is 12.4. The highest BCUT2D eigenvalue weighted by Gasteiger charge is 2.22. The van der Waals surface area contributed by atoms with Crippen LogP contribution in [0.3, 0.4) is 0 Å². The van der Waals surface area contributed by atoms with Gasteiger partial charge in [-0.25, -0.2) is 10.3 Å². The molecule has 1 saturated heterocycles. The highest BCUT2D eigenvalue weighted by molar-refractivity contribution is 5.79. The van der Waals surface area contributed by atoms with Crippen LogP contribution in [0.5, 0.6) is 5.75 Å². The molecule has 1 aromatic heterocycles. The summed E-state index contributed by atoms with van der Waals surface area (Å²) < 4.78 is 11.4. The first-order chi connectivity index (χ1) is 17.0. The van der Waals surface area contributed by atoms with Gasteiger partial charge in [0, 0.05) is 16.9 Å². The van der Waals surface area contributed by atoms with Crippen LogP contribution in [0.25, 0.3) is 11.0 Å². The van der Waals surface area contributed by atoms with E-state index in [2.05, 4.69) is 5.32 Å². The maximum absolute atomic E-state index is 12.5. The molecule has 1 aliphatic rings. The van der Waals surface area contributed by atoms with E-state index in [1.165, 1.54) is 12.8 Å². The zero-order valence-electron chi connectivity index (χ0n) is 20.2. The Morgan fingerprint density at radius 2 is 2.11 bits per heavy atom. The largest absolute Gasteiger partial charge is 0.494 e. The Labute approximate surface area is 205 Å². The molecule has 7 heteroatoms. The van der Waals surface area contributed by atoms with Crippen molar-refractivity contribution in [2.45, 2.75) is 45.4 Å². The van der Waals surface area contributed by atoms with Crippen LogP contribution >= 0.6 is 0 Å². The van der Waals surface area contributed by atoms with Crippen molar-refractivity contribution in [3.8, 4) is 5.75 Å². The lowest BCUT2D eigenvalue weighted by Gasteiger charge is -2.22. The van der Waals surface area contributed by atoms with Gasteiger partial charge >= 0.3 is 5.63 Å². The fourth-order valence-corrected chi connectivity index (χ4v) is 4.82. The summed E-state index contributed by atoms with van der Waals surface area (Å²) in [5.41, 5.74) is 4.14. The average Bonchev–Trinajstić information content (AvgIpc) is 2.87. The third-order valence-electron chi connectivity index (χ3n) is 6.71. The summed E-state index contributed by atoms with van der Waals surface area (Å²) in [5.74, 6) is 0.307. The van der Waals surface area contributed by atoms with Crippen LogP contribution in [0.1, 0.15) is 42.4 Å². The molecular weight excluding hydrogens is 444 g/mol. The predicted octanol–water partition coefficient (Wildman–Crippen LogP) is 4.17. The first-order valence-corrected chi connectivity index (χ1v) is 12.4. The standard InChI is InChI=1S/C28H34N2O5/c1-19-9-10-26-22(13-19)16-24(28(32)35-26)17-23(27(31)30-33)14-21-5-2-8-25(15-21)34-12-4-7-20-6-3-11-29-18-20/h2,5,8-10,13,15-16,20,23,29,33H,3-4,6-7,11-12,14,17-18H2,1H3,(H,30,31). The zero-order chi connectivity index (χ0) is 24.6. The molecule has 4 rings (SSSR count). The third kappa shape index (κ3) is 6.93. The van der Waals surface area contributed by atoms with E-state index in [0.29, 0.717) is 24.2 Å². The van der Waals surface area contributed by atoms with Crippen LogP contribution in [0.2, 0.25) is 0 Å². The molecule has 2 unspecified atom stereocenters. The van der Waals surface area contributed by atoms with Crippen molar-refractivity contribution in [3.63, 3.8) is 0 Å². The van der Waals surface area contributed by atoms with Crippen molar-refractivity contribution in [3.05, 3.63) is 75.6 Å².